The minimum Gasteiger partial charge on any atom is -0.497 e. The Labute approximate surface area is 109 Å². The fourth-order valence-corrected chi connectivity index (χ4v) is 2.00. The van der Waals surface area contributed by atoms with E-state index in [9.17, 15) is 4.21 Å². The van der Waals surface area contributed by atoms with Crippen LogP contribution in [-0.2, 0) is 17.7 Å². The van der Waals surface area contributed by atoms with Crippen LogP contribution in [0.15, 0.2) is 24.3 Å². The SMILES string of the molecule is COc1ccc(CC(Cl)CCNS(=O)O)cc1. The molecule has 96 valence electrons. The second kappa shape index (κ2) is 7.66. The molecule has 1 aromatic rings. The molecular weight excluding hydrogens is 262 g/mol. The van der Waals surface area contributed by atoms with Gasteiger partial charge in [-0.1, -0.05) is 12.1 Å². The fourth-order valence-electron chi connectivity index (χ4n) is 1.42. The molecule has 0 aliphatic carbocycles. The van der Waals surface area contributed by atoms with Gasteiger partial charge in [-0.15, -0.1) is 11.6 Å². The Kier molecular flexibility index (Phi) is 6.50. The van der Waals surface area contributed by atoms with E-state index in [1.54, 1.807) is 7.11 Å². The molecule has 2 N–H and O–H groups in total. The summed E-state index contributed by atoms with van der Waals surface area (Å²) in [6, 6.07) is 7.71. The molecule has 1 aromatic carbocycles. The maximum Gasteiger partial charge on any atom is 0.231 e. The molecule has 4 nitrogen and oxygen atoms in total. The monoisotopic (exact) mass is 277 g/mol. The third kappa shape index (κ3) is 6.02. The minimum absolute atomic E-state index is 0.0561. The number of alkyl halides is 1. The van der Waals surface area contributed by atoms with E-state index in [0.717, 1.165) is 17.7 Å². The van der Waals surface area contributed by atoms with Crippen molar-refractivity contribution in [3.8, 4) is 5.75 Å². The van der Waals surface area contributed by atoms with Crippen molar-refractivity contribution in [2.45, 2.75) is 18.2 Å². The zero-order chi connectivity index (χ0) is 12.7. The standard InChI is InChI=1S/C11H16ClNO3S/c1-16-11-4-2-9(3-5-11)8-10(12)6-7-13-17(14)15/h2-5,10,13H,6-8H2,1H3,(H,14,15). The molecule has 0 saturated carbocycles. The van der Waals surface area contributed by atoms with Crippen LogP contribution in [0.2, 0.25) is 0 Å². The number of rotatable bonds is 7. The summed E-state index contributed by atoms with van der Waals surface area (Å²) < 4.78 is 26.3. The first-order chi connectivity index (χ1) is 8.11. The van der Waals surface area contributed by atoms with E-state index < -0.39 is 11.3 Å². The van der Waals surface area contributed by atoms with Crippen LogP contribution in [0.1, 0.15) is 12.0 Å². The van der Waals surface area contributed by atoms with Crippen LogP contribution < -0.4 is 9.46 Å². The van der Waals surface area contributed by atoms with Crippen molar-refractivity contribution in [1.29, 1.82) is 0 Å². The predicted molar refractivity (Wildman–Crippen MR) is 69.7 cm³/mol. The van der Waals surface area contributed by atoms with E-state index in [1.165, 1.54) is 0 Å². The lowest BCUT2D eigenvalue weighted by Gasteiger charge is -2.09. The van der Waals surface area contributed by atoms with Gasteiger partial charge >= 0.3 is 0 Å². The summed E-state index contributed by atoms with van der Waals surface area (Å²) in [6.07, 6.45) is 1.37. The Bertz CT molecular complexity index is 358. The summed E-state index contributed by atoms with van der Waals surface area (Å²) in [6.45, 7) is 0.424. The van der Waals surface area contributed by atoms with E-state index in [1.807, 2.05) is 24.3 Å². The van der Waals surface area contributed by atoms with E-state index in [-0.39, 0.29) is 5.38 Å². The topological polar surface area (TPSA) is 58.6 Å². The number of halogens is 1. The second-order valence-corrected chi connectivity index (χ2v) is 4.99. The molecular formula is C11H16ClNO3S. The third-order valence-electron chi connectivity index (χ3n) is 2.30. The molecule has 0 aromatic heterocycles. The van der Waals surface area contributed by atoms with E-state index in [2.05, 4.69) is 4.72 Å². The van der Waals surface area contributed by atoms with Crippen LogP contribution in [0.25, 0.3) is 0 Å². The highest BCUT2D eigenvalue weighted by molar-refractivity contribution is 7.77. The predicted octanol–water partition coefficient (Wildman–Crippen LogP) is 1.96. The molecule has 0 saturated heterocycles. The fraction of sp³-hybridized carbons (Fsp3) is 0.455. The average Bonchev–Trinajstić information content (AvgIpc) is 2.29. The zero-order valence-electron chi connectivity index (χ0n) is 9.56. The lowest BCUT2D eigenvalue weighted by molar-refractivity contribution is 0.414. The Morgan fingerprint density at radius 3 is 2.65 bits per heavy atom. The quantitative estimate of drug-likeness (QED) is 0.592. The number of methoxy groups -OCH3 is 1. The molecule has 0 fully saturated rings. The van der Waals surface area contributed by atoms with Crippen LogP contribution in [0.4, 0.5) is 0 Å². The lowest BCUT2D eigenvalue weighted by atomic mass is 10.1. The van der Waals surface area contributed by atoms with Crippen LogP contribution in [-0.4, -0.2) is 27.8 Å². The molecule has 0 radical (unpaired) electrons. The number of ether oxygens (including phenoxy) is 1. The van der Waals surface area contributed by atoms with Crippen molar-refractivity contribution in [3.05, 3.63) is 29.8 Å². The van der Waals surface area contributed by atoms with Crippen LogP contribution in [0, 0.1) is 0 Å². The lowest BCUT2D eigenvalue weighted by Crippen LogP contribution is -2.20. The molecule has 0 aliphatic heterocycles. The molecule has 0 heterocycles. The molecule has 2 unspecified atom stereocenters. The summed E-state index contributed by atoms with van der Waals surface area (Å²) in [5.74, 6) is 0.817. The van der Waals surface area contributed by atoms with Crippen LogP contribution >= 0.6 is 11.6 Å². The normalized spacial score (nSPS) is 14.3. The largest absolute Gasteiger partial charge is 0.497 e. The van der Waals surface area contributed by atoms with Crippen molar-refractivity contribution >= 4 is 22.9 Å². The average molecular weight is 278 g/mol. The van der Waals surface area contributed by atoms with Crippen molar-refractivity contribution in [1.82, 2.24) is 4.72 Å². The van der Waals surface area contributed by atoms with Crippen molar-refractivity contribution in [2.75, 3.05) is 13.7 Å². The third-order valence-corrected chi connectivity index (χ3v) is 3.12. The molecule has 0 bridgehead atoms. The molecule has 0 amide bonds. The number of benzene rings is 1. The van der Waals surface area contributed by atoms with Gasteiger partial charge in [0.05, 0.1) is 7.11 Å². The number of hydrogen-bond donors (Lipinski definition) is 2. The first-order valence-electron chi connectivity index (χ1n) is 5.23. The second-order valence-electron chi connectivity index (χ2n) is 3.58. The zero-order valence-corrected chi connectivity index (χ0v) is 11.1. The van der Waals surface area contributed by atoms with Gasteiger partial charge in [-0.05, 0) is 30.5 Å². The summed E-state index contributed by atoms with van der Waals surface area (Å²) in [4.78, 5) is 0. The number of hydrogen-bond acceptors (Lipinski definition) is 2. The molecule has 1 rings (SSSR count). The summed E-state index contributed by atoms with van der Waals surface area (Å²) in [7, 11) is 1.63. The van der Waals surface area contributed by atoms with Gasteiger partial charge in [0.25, 0.3) is 0 Å². The Balaban J connectivity index is 2.34. The van der Waals surface area contributed by atoms with Crippen molar-refractivity contribution in [3.63, 3.8) is 0 Å². The van der Waals surface area contributed by atoms with Gasteiger partial charge in [0, 0.05) is 11.9 Å². The molecule has 0 aliphatic rings. The van der Waals surface area contributed by atoms with Gasteiger partial charge < -0.3 is 4.74 Å². The minimum atomic E-state index is -1.96. The number of nitrogens with one attached hydrogen (secondary N) is 1. The van der Waals surface area contributed by atoms with Gasteiger partial charge in [-0.25, -0.2) is 8.93 Å². The smallest absolute Gasteiger partial charge is 0.231 e. The summed E-state index contributed by atoms with van der Waals surface area (Å²) >= 11 is 4.16. The Morgan fingerprint density at radius 1 is 1.47 bits per heavy atom. The highest BCUT2D eigenvalue weighted by Crippen LogP contribution is 2.15. The van der Waals surface area contributed by atoms with Crippen LogP contribution in [0.5, 0.6) is 5.75 Å². The molecule has 6 heteroatoms. The van der Waals surface area contributed by atoms with Crippen LogP contribution in [0.3, 0.4) is 0 Å². The Morgan fingerprint density at radius 2 is 2.12 bits per heavy atom. The molecule has 2 atom stereocenters. The van der Waals surface area contributed by atoms with E-state index in [4.69, 9.17) is 20.9 Å². The Hall–Kier alpha value is -0.620. The highest BCUT2D eigenvalue weighted by atomic mass is 35.5. The van der Waals surface area contributed by atoms with E-state index in [0.29, 0.717) is 13.0 Å². The first-order valence-corrected chi connectivity index (χ1v) is 6.77. The van der Waals surface area contributed by atoms with Gasteiger partial charge in [0.2, 0.25) is 11.3 Å². The van der Waals surface area contributed by atoms with Gasteiger partial charge in [-0.3, -0.25) is 4.55 Å². The molecule has 17 heavy (non-hydrogen) atoms. The van der Waals surface area contributed by atoms with Gasteiger partial charge in [0.15, 0.2) is 0 Å². The maximum absolute atomic E-state index is 10.4. The summed E-state index contributed by atoms with van der Waals surface area (Å²) in [5.41, 5.74) is 1.12. The maximum atomic E-state index is 10.4. The van der Waals surface area contributed by atoms with Crippen molar-refractivity contribution in [2.24, 2.45) is 0 Å². The van der Waals surface area contributed by atoms with Gasteiger partial charge in [0.1, 0.15) is 5.75 Å². The van der Waals surface area contributed by atoms with E-state index >= 15 is 0 Å². The van der Waals surface area contributed by atoms with Crippen molar-refractivity contribution < 1.29 is 13.5 Å². The van der Waals surface area contributed by atoms with Gasteiger partial charge in [-0.2, -0.15) is 0 Å². The molecule has 0 spiro atoms. The summed E-state index contributed by atoms with van der Waals surface area (Å²) in [5, 5.41) is -0.0561. The first kappa shape index (κ1) is 14.4. The highest BCUT2D eigenvalue weighted by Gasteiger charge is 2.06.